The Morgan fingerprint density at radius 1 is 1.30 bits per heavy atom. The van der Waals surface area contributed by atoms with E-state index in [1.165, 1.54) is 11.1 Å². The fourth-order valence-electron chi connectivity index (χ4n) is 3.10. The first-order valence-corrected chi connectivity index (χ1v) is 8.74. The molecule has 0 aromatic heterocycles. The minimum Gasteiger partial charge on any atom is -0.487 e. The van der Waals surface area contributed by atoms with Gasteiger partial charge in [-0.15, -0.1) is 0 Å². The highest BCUT2D eigenvalue weighted by Gasteiger charge is 2.29. The van der Waals surface area contributed by atoms with E-state index in [1.54, 1.807) is 0 Å². The van der Waals surface area contributed by atoms with E-state index in [0.717, 1.165) is 44.8 Å². The molecule has 0 unspecified atom stereocenters. The number of hydrogen-bond acceptors (Lipinski definition) is 3. The molecule has 0 saturated carbocycles. The van der Waals surface area contributed by atoms with Crippen LogP contribution in [0, 0.1) is 0 Å². The Hall–Kier alpha value is -1.55. The molecule has 0 atom stereocenters. The smallest absolute Gasteiger partial charge is 0.222 e. The van der Waals surface area contributed by atoms with Crippen molar-refractivity contribution in [2.45, 2.75) is 59.1 Å². The van der Waals surface area contributed by atoms with Crippen molar-refractivity contribution in [3.63, 3.8) is 0 Å². The first kappa shape index (κ1) is 17.8. The molecule has 0 radical (unpaired) electrons. The summed E-state index contributed by atoms with van der Waals surface area (Å²) >= 11 is 0. The molecule has 4 heteroatoms. The fraction of sp³-hybridized carbons (Fsp3) is 0.632. The molecule has 128 valence electrons. The molecule has 4 nitrogen and oxygen atoms in total. The maximum Gasteiger partial charge on any atom is 0.222 e. The zero-order chi connectivity index (χ0) is 16.9. The SMILES string of the molecule is CCN(CC)C(=O)CCCNCc1ccc2c(c1)CC(C)(C)O2. The van der Waals surface area contributed by atoms with Crippen molar-refractivity contribution in [2.75, 3.05) is 19.6 Å². The molecular weight excluding hydrogens is 288 g/mol. The molecule has 0 spiro atoms. The number of amides is 1. The van der Waals surface area contributed by atoms with Crippen LogP contribution in [0.15, 0.2) is 18.2 Å². The van der Waals surface area contributed by atoms with Gasteiger partial charge in [-0.3, -0.25) is 4.79 Å². The Bertz CT molecular complexity index is 536. The molecule has 0 fully saturated rings. The number of hydrogen-bond donors (Lipinski definition) is 1. The third kappa shape index (κ3) is 4.96. The molecule has 1 heterocycles. The average Bonchev–Trinajstić information content (AvgIpc) is 2.81. The average molecular weight is 318 g/mol. The first-order chi connectivity index (χ1) is 10.9. The number of fused-ring (bicyclic) bond motifs is 1. The van der Waals surface area contributed by atoms with Gasteiger partial charge in [0.05, 0.1) is 0 Å². The summed E-state index contributed by atoms with van der Waals surface area (Å²) in [5, 5.41) is 3.43. The molecule has 0 bridgehead atoms. The largest absolute Gasteiger partial charge is 0.487 e. The standard InChI is InChI=1S/C19H30N2O2/c1-5-21(6-2)18(22)8-7-11-20-14-15-9-10-17-16(12-15)13-19(3,4)23-17/h9-10,12,20H,5-8,11,13-14H2,1-4H3. The van der Waals surface area contributed by atoms with Crippen LogP contribution in [0.4, 0.5) is 0 Å². The molecule has 1 aliphatic heterocycles. The number of benzene rings is 1. The first-order valence-electron chi connectivity index (χ1n) is 8.74. The molecule has 1 amide bonds. The predicted molar refractivity (Wildman–Crippen MR) is 93.7 cm³/mol. The van der Waals surface area contributed by atoms with Crippen LogP contribution in [0.3, 0.4) is 0 Å². The van der Waals surface area contributed by atoms with Crippen LogP contribution in [-0.2, 0) is 17.8 Å². The molecule has 1 N–H and O–H groups in total. The topological polar surface area (TPSA) is 41.6 Å². The highest BCUT2D eigenvalue weighted by Crippen LogP contribution is 2.35. The van der Waals surface area contributed by atoms with Gasteiger partial charge in [0.2, 0.25) is 5.91 Å². The van der Waals surface area contributed by atoms with Crippen molar-refractivity contribution >= 4 is 5.91 Å². The Morgan fingerprint density at radius 2 is 2.04 bits per heavy atom. The van der Waals surface area contributed by atoms with Crippen molar-refractivity contribution in [1.29, 1.82) is 0 Å². The molecule has 1 aromatic rings. The van der Waals surface area contributed by atoms with Crippen molar-refractivity contribution < 1.29 is 9.53 Å². The van der Waals surface area contributed by atoms with Gasteiger partial charge in [-0.05, 0) is 57.9 Å². The van der Waals surface area contributed by atoms with Crippen LogP contribution in [0.2, 0.25) is 0 Å². The van der Waals surface area contributed by atoms with E-state index >= 15 is 0 Å². The summed E-state index contributed by atoms with van der Waals surface area (Å²) < 4.78 is 5.90. The fourth-order valence-corrected chi connectivity index (χ4v) is 3.10. The Balaban J connectivity index is 1.71. The summed E-state index contributed by atoms with van der Waals surface area (Å²) in [6.07, 6.45) is 2.48. The summed E-state index contributed by atoms with van der Waals surface area (Å²) in [5.41, 5.74) is 2.49. The van der Waals surface area contributed by atoms with Crippen molar-refractivity contribution in [3.8, 4) is 5.75 Å². The summed E-state index contributed by atoms with van der Waals surface area (Å²) in [5.74, 6) is 1.28. The number of carbonyl (C=O) groups is 1. The van der Waals surface area contributed by atoms with E-state index < -0.39 is 0 Å². The van der Waals surface area contributed by atoms with Gasteiger partial charge in [-0.2, -0.15) is 0 Å². The quantitative estimate of drug-likeness (QED) is 0.749. The number of nitrogens with one attached hydrogen (secondary N) is 1. The maximum absolute atomic E-state index is 11.9. The molecule has 2 rings (SSSR count). The zero-order valence-corrected chi connectivity index (χ0v) is 14.9. The highest BCUT2D eigenvalue weighted by atomic mass is 16.5. The minimum atomic E-state index is -0.0842. The lowest BCUT2D eigenvalue weighted by molar-refractivity contribution is -0.130. The predicted octanol–water partition coefficient (Wildman–Crippen LogP) is 3.14. The number of nitrogens with zero attached hydrogens (tertiary/aromatic N) is 1. The Morgan fingerprint density at radius 3 is 2.74 bits per heavy atom. The van der Waals surface area contributed by atoms with Gasteiger partial charge in [0.25, 0.3) is 0 Å². The molecule has 0 saturated heterocycles. The number of ether oxygens (including phenoxy) is 1. The van der Waals surface area contributed by atoms with Crippen LogP contribution in [0.25, 0.3) is 0 Å². The van der Waals surface area contributed by atoms with Gasteiger partial charge in [-0.25, -0.2) is 0 Å². The van der Waals surface area contributed by atoms with Gasteiger partial charge in [-0.1, -0.05) is 12.1 Å². The van der Waals surface area contributed by atoms with Gasteiger partial charge in [0.1, 0.15) is 11.4 Å². The van der Waals surface area contributed by atoms with E-state index in [4.69, 9.17) is 4.74 Å². The summed E-state index contributed by atoms with van der Waals surface area (Å²) in [6.45, 7) is 11.6. The van der Waals surface area contributed by atoms with Crippen LogP contribution in [0.5, 0.6) is 5.75 Å². The van der Waals surface area contributed by atoms with Crippen molar-refractivity contribution in [3.05, 3.63) is 29.3 Å². The van der Waals surface area contributed by atoms with Gasteiger partial charge in [0, 0.05) is 32.5 Å². The third-order valence-corrected chi connectivity index (χ3v) is 4.32. The summed E-state index contributed by atoms with van der Waals surface area (Å²) in [4.78, 5) is 13.8. The van der Waals surface area contributed by atoms with Crippen molar-refractivity contribution in [2.24, 2.45) is 0 Å². The lowest BCUT2D eigenvalue weighted by Crippen LogP contribution is -2.30. The lowest BCUT2D eigenvalue weighted by Gasteiger charge is -2.18. The second-order valence-electron chi connectivity index (χ2n) is 6.83. The number of rotatable bonds is 8. The molecule has 1 aromatic carbocycles. The van der Waals surface area contributed by atoms with E-state index in [-0.39, 0.29) is 11.5 Å². The molecule has 23 heavy (non-hydrogen) atoms. The van der Waals surface area contributed by atoms with E-state index in [2.05, 4.69) is 37.4 Å². The van der Waals surface area contributed by atoms with E-state index in [9.17, 15) is 4.79 Å². The van der Waals surface area contributed by atoms with Crippen molar-refractivity contribution in [1.82, 2.24) is 10.2 Å². The van der Waals surface area contributed by atoms with Gasteiger partial charge >= 0.3 is 0 Å². The third-order valence-electron chi connectivity index (χ3n) is 4.32. The minimum absolute atomic E-state index is 0.0842. The van der Waals surface area contributed by atoms with Crippen LogP contribution >= 0.6 is 0 Å². The maximum atomic E-state index is 11.9. The van der Waals surface area contributed by atoms with Gasteiger partial charge < -0.3 is 15.0 Å². The van der Waals surface area contributed by atoms with E-state index in [0.29, 0.717) is 6.42 Å². The zero-order valence-electron chi connectivity index (χ0n) is 14.9. The Labute approximate surface area is 140 Å². The van der Waals surface area contributed by atoms with Crippen LogP contribution in [0.1, 0.15) is 51.7 Å². The summed E-state index contributed by atoms with van der Waals surface area (Å²) in [7, 11) is 0. The second kappa shape index (κ2) is 7.82. The number of carbonyl (C=O) groups excluding carboxylic acids is 1. The highest BCUT2D eigenvalue weighted by molar-refractivity contribution is 5.76. The second-order valence-corrected chi connectivity index (χ2v) is 6.83. The van der Waals surface area contributed by atoms with E-state index in [1.807, 2.05) is 18.7 Å². The molecular formula is C19H30N2O2. The molecule has 0 aliphatic carbocycles. The normalized spacial score (nSPS) is 15.1. The van der Waals surface area contributed by atoms with Crippen LogP contribution < -0.4 is 10.1 Å². The van der Waals surface area contributed by atoms with Crippen LogP contribution in [-0.4, -0.2) is 36.0 Å². The summed E-state index contributed by atoms with van der Waals surface area (Å²) in [6, 6.07) is 6.43. The lowest BCUT2D eigenvalue weighted by atomic mass is 10.0. The van der Waals surface area contributed by atoms with Gasteiger partial charge in [0.15, 0.2) is 0 Å². The molecule has 1 aliphatic rings. The Kier molecular flexibility index (Phi) is 6.05. The monoisotopic (exact) mass is 318 g/mol.